The maximum absolute atomic E-state index is 12.8. The van der Waals surface area contributed by atoms with Crippen LogP contribution in [0.3, 0.4) is 0 Å². The van der Waals surface area contributed by atoms with Crippen LogP contribution in [0.4, 0.5) is 0 Å². The lowest BCUT2D eigenvalue weighted by Crippen LogP contribution is -2.47. The smallest absolute Gasteiger partial charge is 0.311 e. The van der Waals surface area contributed by atoms with Crippen molar-refractivity contribution in [3.63, 3.8) is 0 Å². The van der Waals surface area contributed by atoms with E-state index in [0.717, 1.165) is 37.7 Å². The van der Waals surface area contributed by atoms with Crippen LogP contribution in [-0.4, -0.2) is 30.4 Å². The van der Waals surface area contributed by atoms with Crippen molar-refractivity contribution < 1.29 is 19.1 Å². The minimum Gasteiger partial charge on any atom is -0.461 e. The molecule has 6 heteroatoms. The molecule has 1 aromatic rings. The van der Waals surface area contributed by atoms with Crippen LogP contribution < -0.4 is 10.6 Å². The number of carbonyl (C=O) groups excluding carboxylic acids is 3. The van der Waals surface area contributed by atoms with Crippen molar-refractivity contribution in [2.45, 2.75) is 57.6 Å². The Morgan fingerprint density at radius 2 is 1.76 bits per heavy atom. The zero-order valence-electron chi connectivity index (χ0n) is 16.8. The molecule has 3 aliphatic rings. The highest BCUT2D eigenvalue weighted by atomic mass is 16.5. The van der Waals surface area contributed by atoms with Gasteiger partial charge in [-0.2, -0.15) is 0 Å². The van der Waals surface area contributed by atoms with Gasteiger partial charge in [0.05, 0.1) is 5.92 Å². The summed E-state index contributed by atoms with van der Waals surface area (Å²) in [6.07, 6.45) is 6.05. The number of hydrogen-bond donors (Lipinski definition) is 2. The van der Waals surface area contributed by atoms with E-state index in [1.807, 2.05) is 30.3 Å². The molecule has 2 bridgehead atoms. The molecule has 0 saturated heterocycles. The SMILES string of the molecule is O=C(CCCNC(=O)C1CC1)N[C@H]1[C@H]2CC[C@@H](C2)[C@@H]1C(=O)OCc1ccccc1. The molecule has 4 atom stereocenters. The molecule has 3 aliphatic carbocycles. The maximum Gasteiger partial charge on any atom is 0.311 e. The third kappa shape index (κ3) is 4.98. The molecule has 6 nitrogen and oxygen atoms in total. The average Bonchev–Trinajstić information content (AvgIpc) is 3.40. The summed E-state index contributed by atoms with van der Waals surface area (Å²) in [5.74, 6) is 0.516. The van der Waals surface area contributed by atoms with Gasteiger partial charge in [-0.25, -0.2) is 0 Å². The van der Waals surface area contributed by atoms with Crippen LogP contribution in [0, 0.1) is 23.7 Å². The third-order valence-electron chi connectivity index (χ3n) is 6.57. The summed E-state index contributed by atoms with van der Waals surface area (Å²) in [5, 5.41) is 6.00. The predicted molar refractivity (Wildman–Crippen MR) is 107 cm³/mol. The van der Waals surface area contributed by atoms with Crippen molar-refractivity contribution in [3.8, 4) is 0 Å². The Labute approximate surface area is 171 Å². The molecule has 156 valence electrons. The molecule has 4 rings (SSSR count). The van der Waals surface area contributed by atoms with Gasteiger partial charge in [0.15, 0.2) is 0 Å². The van der Waals surface area contributed by atoms with Gasteiger partial charge in [0.1, 0.15) is 6.61 Å². The standard InChI is InChI=1S/C23H30N2O4/c26-19(7-4-12-24-22(27)16-8-9-16)25-21-18-11-10-17(13-18)20(21)23(28)29-14-15-5-2-1-3-6-15/h1-3,5-6,16-18,20-21H,4,7-14H2,(H,24,27)(H,25,26)/t17-,18-,20-,21-/m0/s1. The summed E-state index contributed by atoms with van der Waals surface area (Å²) >= 11 is 0. The molecule has 29 heavy (non-hydrogen) atoms. The van der Waals surface area contributed by atoms with Crippen LogP contribution in [0.2, 0.25) is 0 Å². The van der Waals surface area contributed by atoms with Crippen molar-refractivity contribution in [3.05, 3.63) is 35.9 Å². The molecule has 2 N–H and O–H groups in total. The minimum atomic E-state index is -0.240. The Bertz CT molecular complexity index is 747. The fourth-order valence-electron chi connectivity index (χ4n) is 4.87. The largest absolute Gasteiger partial charge is 0.461 e. The van der Waals surface area contributed by atoms with E-state index < -0.39 is 0 Å². The zero-order chi connectivity index (χ0) is 20.2. The average molecular weight is 399 g/mol. The van der Waals surface area contributed by atoms with Gasteiger partial charge in [0, 0.05) is 24.9 Å². The van der Waals surface area contributed by atoms with E-state index in [0.29, 0.717) is 31.2 Å². The van der Waals surface area contributed by atoms with E-state index in [2.05, 4.69) is 10.6 Å². The van der Waals surface area contributed by atoms with Crippen LogP contribution in [0.5, 0.6) is 0 Å². The number of rotatable bonds is 9. The summed E-state index contributed by atoms with van der Waals surface area (Å²) in [6.45, 7) is 0.803. The molecule has 3 saturated carbocycles. The van der Waals surface area contributed by atoms with E-state index in [-0.39, 0.29) is 42.3 Å². The van der Waals surface area contributed by atoms with Crippen LogP contribution in [0.1, 0.15) is 50.5 Å². The maximum atomic E-state index is 12.8. The molecule has 0 aromatic heterocycles. The zero-order valence-corrected chi connectivity index (χ0v) is 16.8. The van der Waals surface area contributed by atoms with Crippen LogP contribution >= 0.6 is 0 Å². The molecule has 0 aliphatic heterocycles. The van der Waals surface area contributed by atoms with Gasteiger partial charge in [0.2, 0.25) is 11.8 Å². The molecule has 0 spiro atoms. The normalized spacial score (nSPS) is 27.4. The molecule has 2 amide bonds. The first kappa shape index (κ1) is 19.9. The highest BCUT2D eigenvalue weighted by Crippen LogP contribution is 2.49. The summed E-state index contributed by atoms with van der Waals surface area (Å²) < 4.78 is 5.59. The molecule has 1 aromatic carbocycles. The van der Waals surface area contributed by atoms with E-state index in [1.165, 1.54) is 0 Å². The Morgan fingerprint density at radius 3 is 2.52 bits per heavy atom. The fraction of sp³-hybridized carbons (Fsp3) is 0.609. The van der Waals surface area contributed by atoms with Gasteiger partial charge in [0.25, 0.3) is 0 Å². The number of esters is 1. The van der Waals surface area contributed by atoms with Gasteiger partial charge in [-0.05, 0) is 55.9 Å². The Hall–Kier alpha value is -2.37. The highest BCUT2D eigenvalue weighted by Gasteiger charge is 2.52. The Kier molecular flexibility index (Phi) is 6.16. The van der Waals surface area contributed by atoms with Crippen LogP contribution in [-0.2, 0) is 25.7 Å². The van der Waals surface area contributed by atoms with Crippen molar-refractivity contribution >= 4 is 17.8 Å². The van der Waals surface area contributed by atoms with Gasteiger partial charge < -0.3 is 15.4 Å². The molecule has 3 fully saturated rings. The Balaban J connectivity index is 1.24. The summed E-state index contributed by atoms with van der Waals surface area (Å²) in [4.78, 5) is 36.9. The first-order chi connectivity index (χ1) is 14.1. The minimum absolute atomic E-state index is 0.0379. The van der Waals surface area contributed by atoms with Crippen molar-refractivity contribution in [2.75, 3.05) is 6.54 Å². The molecule has 0 heterocycles. The first-order valence-corrected chi connectivity index (χ1v) is 10.9. The second-order valence-electron chi connectivity index (χ2n) is 8.71. The second kappa shape index (κ2) is 8.97. The lowest BCUT2D eigenvalue weighted by molar-refractivity contribution is -0.153. The monoisotopic (exact) mass is 398 g/mol. The molecular weight excluding hydrogens is 368 g/mol. The summed E-state index contributed by atoms with van der Waals surface area (Å²) in [5.41, 5.74) is 0.970. The van der Waals surface area contributed by atoms with E-state index in [1.54, 1.807) is 0 Å². The van der Waals surface area contributed by atoms with E-state index >= 15 is 0 Å². The van der Waals surface area contributed by atoms with E-state index in [9.17, 15) is 14.4 Å². The number of nitrogens with one attached hydrogen (secondary N) is 2. The summed E-state index contributed by atoms with van der Waals surface area (Å²) in [7, 11) is 0. The van der Waals surface area contributed by atoms with Crippen molar-refractivity contribution in [2.24, 2.45) is 23.7 Å². The van der Waals surface area contributed by atoms with Gasteiger partial charge >= 0.3 is 5.97 Å². The topological polar surface area (TPSA) is 84.5 Å². The van der Waals surface area contributed by atoms with Crippen molar-refractivity contribution in [1.82, 2.24) is 10.6 Å². The lowest BCUT2D eigenvalue weighted by atomic mass is 9.84. The highest BCUT2D eigenvalue weighted by molar-refractivity contribution is 5.81. The quantitative estimate of drug-likeness (QED) is 0.495. The fourth-order valence-corrected chi connectivity index (χ4v) is 4.87. The predicted octanol–water partition coefficient (Wildman–Crippen LogP) is 2.57. The van der Waals surface area contributed by atoms with Gasteiger partial charge in [-0.1, -0.05) is 30.3 Å². The molecule has 0 radical (unpaired) electrons. The Morgan fingerprint density at radius 1 is 1.00 bits per heavy atom. The van der Waals surface area contributed by atoms with Gasteiger partial charge in [-0.15, -0.1) is 0 Å². The number of hydrogen-bond acceptors (Lipinski definition) is 4. The number of fused-ring (bicyclic) bond motifs is 2. The number of benzene rings is 1. The van der Waals surface area contributed by atoms with Crippen molar-refractivity contribution in [1.29, 1.82) is 0 Å². The first-order valence-electron chi connectivity index (χ1n) is 10.9. The van der Waals surface area contributed by atoms with Crippen LogP contribution in [0.15, 0.2) is 30.3 Å². The lowest BCUT2D eigenvalue weighted by Gasteiger charge is -2.30. The van der Waals surface area contributed by atoms with Gasteiger partial charge in [-0.3, -0.25) is 14.4 Å². The second-order valence-corrected chi connectivity index (χ2v) is 8.71. The number of carbonyl (C=O) groups is 3. The number of ether oxygens (including phenoxy) is 1. The van der Waals surface area contributed by atoms with Crippen LogP contribution in [0.25, 0.3) is 0 Å². The number of amides is 2. The molecule has 0 unspecified atom stereocenters. The van der Waals surface area contributed by atoms with E-state index in [4.69, 9.17) is 4.74 Å². The summed E-state index contributed by atoms with van der Waals surface area (Å²) in [6, 6.07) is 9.55. The molecular formula is C23H30N2O4. The third-order valence-corrected chi connectivity index (χ3v) is 6.57.